The summed E-state index contributed by atoms with van der Waals surface area (Å²) in [6, 6.07) is 6.30. The van der Waals surface area contributed by atoms with Gasteiger partial charge in [-0.15, -0.1) is 0 Å². The lowest BCUT2D eigenvalue weighted by Crippen LogP contribution is -2.44. The van der Waals surface area contributed by atoms with Gasteiger partial charge in [-0.1, -0.05) is 18.6 Å². The van der Waals surface area contributed by atoms with Crippen molar-refractivity contribution in [2.24, 2.45) is 12.5 Å². The topological polar surface area (TPSA) is 100 Å². The summed E-state index contributed by atoms with van der Waals surface area (Å²) in [6.07, 6.45) is 2.51. The largest absolute Gasteiger partial charge is 0.392 e. The first-order valence-corrected chi connectivity index (χ1v) is 10.9. The molecule has 0 spiro atoms. The first kappa shape index (κ1) is 22.2. The second-order valence-electron chi connectivity index (χ2n) is 9.03. The molecule has 3 aromatic rings. The molecule has 8 heteroatoms. The molecule has 1 aliphatic rings. The number of hydrogen-bond donors (Lipinski definition) is 3. The Hall–Kier alpha value is -3.00. The molecule has 3 N–H and O–H groups in total. The Morgan fingerprint density at radius 3 is 2.72 bits per heavy atom. The molecule has 2 aromatic heterocycles. The fraction of sp³-hybridized carbons (Fsp3) is 0.458. The van der Waals surface area contributed by atoms with Crippen LogP contribution in [0.15, 0.2) is 29.1 Å². The maximum Gasteiger partial charge on any atom is 0.273 e. The number of fused-ring (bicyclic) bond motifs is 1. The van der Waals surface area contributed by atoms with Crippen molar-refractivity contribution in [2.45, 2.75) is 52.1 Å². The van der Waals surface area contributed by atoms with Gasteiger partial charge >= 0.3 is 0 Å². The number of nitrogens with one attached hydrogen (secondary N) is 2. The van der Waals surface area contributed by atoms with E-state index in [9.17, 15) is 19.1 Å². The number of aliphatic hydroxyl groups is 1. The van der Waals surface area contributed by atoms with Crippen molar-refractivity contribution in [3.8, 4) is 0 Å². The second kappa shape index (κ2) is 8.50. The van der Waals surface area contributed by atoms with Gasteiger partial charge < -0.3 is 10.4 Å². The number of carbonyl (C=O) groups excluding carboxylic acids is 1. The SMILES string of the molecule is Cc1nc2c(c(C)c1CC(=O)NC[C@]1(Cc3ccc(F)cc3)CCC[C@H]1O)c(=O)[nH]n2C. The van der Waals surface area contributed by atoms with Gasteiger partial charge in [0.2, 0.25) is 5.91 Å². The number of nitrogens with zero attached hydrogens (tertiary/aromatic N) is 2. The number of amides is 1. The Kier molecular flexibility index (Phi) is 5.90. The normalized spacial score (nSPS) is 20.7. The van der Waals surface area contributed by atoms with Gasteiger partial charge in [0.05, 0.1) is 17.9 Å². The summed E-state index contributed by atoms with van der Waals surface area (Å²) in [5.41, 5.74) is 3.02. The highest BCUT2D eigenvalue weighted by Gasteiger charge is 2.42. The number of aryl methyl sites for hydroxylation is 3. The Morgan fingerprint density at radius 2 is 2.06 bits per heavy atom. The smallest absolute Gasteiger partial charge is 0.273 e. The van der Waals surface area contributed by atoms with E-state index in [4.69, 9.17) is 0 Å². The van der Waals surface area contributed by atoms with Gasteiger partial charge in [0.15, 0.2) is 5.65 Å². The van der Waals surface area contributed by atoms with E-state index in [-0.39, 0.29) is 23.7 Å². The number of H-pyrrole nitrogens is 1. The first-order chi connectivity index (χ1) is 15.2. The first-order valence-electron chi connectivity index (χ1n) is 10.9. The molecule has 0 aliphatic heterocycles. The van der Waals surface area contributed by atoms with Crippen LogP contribution in [0.25, 0.3) is 11.0 Å². The average molecular weight is 441 g/mol. The average Bonchev–Trinajstić information content (AvgIpc) is 3.24. The van der Waals surface area contributed by atoms with Crippen LogP contribution >= 0.6 is 0 Å². The highest BCUT2D eigenvalue weighted by atomic mass is 19.1. The third-order valence-electron chi connectivity index (χ3n) is 6.88. The third kappa shape index (κ3) is 4.07. The Labute approximate surface area is 185 Å². The van der Waals surface area contributed by atoms with E-state index in [1.165, 1.54) is 12.1 Å². The van der Waals surface area contributed by atoms with Crippen molar-refractivity contribution in [3.05, 3.63) is 62.8 Å². The third-order valence-corrected chi connectivity index (χ3v) is 6.88. The molecule has 2 heterocycles. The molecule has 1 aromatic carbocycles. The molecule has 0 bridgehead atoms. The lowest BCUT2D eigenvalue weighted by Gasteiger charge is -2.33. The van der Waals surface area contributed by atoms with Crippen LogP contribution in [0, 0.1) is 25.1 Å². The minimum Gasteiger partial charge on any atom is -0.392 e. The number of hydrogen-bond acceptors (Lipinski definition) is 4. The summed E-state index contributed by atoms with van der Waals surface area (Å²) in [4.78, 5) is 29.7. The van der Waals surface area contributed by atoms with Crippen molar-refractivity contribution in [2.75, 3.05) is 6.54 Å². The van der Waals surface area contributed by atoms with Crippen LogP contribution in [0.2, 0.25) is 0 Å². The van der Waals surface area contributed by atoms with Gasteiger partial charge in [-0.2, -0.15) is 0 Å². The predicted octanol–water partition coefficient (Wildman–Crippen LogP) is 2.45. The minimum absolute atomic E-state index is 0.109. The number of rotatable bonds is 6. The lowest BCUT2D eigenvalue weighted by atomic mass is 9.78. The van der Waals surface area contributed by atoms with Crippen molar-refractivity contribution < 1.29 is 14.3 Å². The van der Waals surface area contributed by atoms with Crippen molar-refractivity contribution >= 4 is 16.9 Å². The van der Waals surface area contributed by atoms with E-state index in [0.29, 0.717) is 36.1 Å². The number of aliphatic hydroxyl groups excluding tert-OH is 1. The molecular weight excluding hydrogens is 411 g/mol. The van der Waals surface area contributed by atoms with Crippen LogP contribution in [-0.4, -0.2) is 38.4 Å². The number of aromatic nitrogens is 3. The van der Waals surface area contributed by atoms with Gasteiger partial charge in [-0.05, 0) is 61.9 Å². The molecular formula is C24H29FN4O3. The van der Waals surface area contributed by atoms with Crippen LogP contribution in [-0.2, 0) is 24.7 Å². The molecule has 1 fully saturated rings. The standard InChI is InChI=1S/C24H29FN4O3/c1-14-18(15(2)27-22-21(14)23(32)28-29(22)3)11-20(31)26-13-24(10-4-5-19(24)30)12-16-6-8-17(25)9-7-16/h6-9,19,30H,4-5,10-13H2,1-3H3,(H,26,31)(H,28,32)/t19-,24-/m1/s1. The van der Waals surface area contributed by atoms with Crippen molar-refractivity contribution in [3.63, 3.8) is 0 Å². The van der Waals surface area contributed by atoms with E-state index in [2.05, 4.69) is 15.4 Å². The van der Waals surface area contributed by atoms with E-state index in [1.54, 1.807) is 23.9 Å². The van der Waals surface area contributed by atoms with Gasteiger partial charge in [0.25, 0.3) is 5.56 Å². The highest BCUT2D eigenvalue weighted by Crippen LogP contribution is 2.41. The fourth-order valence-corrected chi connectivity index (χ4v) is 5.01. The zero-order valence-electron chi connectivity index (χ0n) is 18.7. The number of aromatic amines is 1. The van der Waals surface area contributed by atoms with Gasteiger partial charge in [0, 0.05) is 24.7 Å². The number of halogens is 1. The van der Waals surface area contributed by atoms with Gasteiger partial charge in [0.1, 0.15) is 5.82 Å². The Balaban J connectivity index is 1.51. The zero-order valence-corrected chi connectivity index (χ0v) is 18.7. The molecule has 1 aliphatic carbocycles. The molecule has 0 saturated heterocycles. The molecule has 4 rings (SSSR count). The molecule has 2 atom stereocenters. The molecule has 1 saturated carbocycles. The summed E-state index contributed by atoms with van der Waals surface area (Å²) < 4.78 is 14.9. The molecule has 0 radical (unpaired) electrons. The maximum atomic E-state index is 13.3. The summed E-state index contributed by atoms with van der Waals surface area (Å²) in [6.45, 7) is 4.01. The zero-order chi connectivity index (χ0) is 23.0. The summed E-state index contributed by atoms with van der Waals surface area (Å²) in [5, 5.41) is 16.9. The molecule has 1 amide bonds. The fourth-order valence-electron chi connectivity index (χ4n) is 5.01. The number of pyridine rings is 1. The summed E-state index contributed by atoms with van der Waals surface area (Å²) in [5.74, 6) is -0.473. The van der Waals surface area contributed by atoms with E-state index in [1.807, 2.05) is 13.8 Å². The van der Waals surface area contributed by atoms with Crippen LogP contribution in [0.5, 0.6) is 0 Å². The summed E-state index contributed by atoms with van der Waals surface area (Å²) in [7, 11) is 1.73. The molecule has 32 heavy (non-hydrogen) atoms. The molecule has 170 valence electrons. The monoisotopic (exact) mass is 440 g/mol. The van der Waals surface area contributed by atoms with E-state index in [0.717, 1.165) is 29.5 Å². The van der Waals surface area contributed by atoms with Crippen LogP contribution in [0.1, 0.15) is 41.6 Å². The second-order valence-corrected chi connectivity index (χ2v) is 9.03. The van der Waals surface area contributed by atoms with Crippen molar-refractivity contribution in [1.82, 2.24) is 20.1 Å². The molecule has 7 nitrogen and oxygen atoms in total. The number of carbonyl (C=O) groups is 1. The van der Waals surface area contributed by atoms with Crippen LogP contribution in [0.3, 0.4) is 0 Å². The van der Waals surface area contributed by atoms with Crippen molar-refractivity contribution in [1.29, 1.82) is 0 Å². The Morgan fingerprint density at radius 1 is 1.34 bits per heavy atom. The predicted molar refractivity (Wildman–Crippen MR) is 120 cm³/mol. The minimum atomic E-state index is -0.530. The van der Waals surface area contributed by atoms with Crippen LogP contribution in [0.4, 0.5) is 4.39 Å². The Bertz CT molecular complexity index is 1210. The number of benzene rings is 1. The van der Waals surface area contributed by atoms with E-state index < -0.39 is 11.5 Å². The quantitative estimate of drug-likeness (QED) is 0.548. The van der Waals surface area contributed by atoms with Gasteiger partial charge in [-0.25, -0.2) is 9.37 Å². The molecule has 0 unspecified atom stereocenters. The van der Waals surface area contributed by atoms with E-state index >= 15 is 0 Å². The highest BCUT2D eigenvalue weighted by molar-refractivity contribution is 5.84. The summed E-state index contributed by atoms with van der Waals surface area (Å²) >= 11 is 0. The van der Waals surface area contributed by atoms with Gasteiger partial charge in [-0.3, -0.25) is 19.4 Å². The van der Waals surface area contributed by atoms with Crippen LogP contribution < -0.4 is 10.9 Å². The maximum absolute atomic E-state index is 13.3. The lowest BCUT2D eigenvalue weighted by molar-refractivity contribution is -0.121.